The van der Waals surface area contributed by atoms with E-state index in [-0.39, 0.29) is 6.61 Å². The van der Waals surface area contributed by atoms with Gasteiger partial charge in [0.2, 0.25) is 0 Å². The number of esters is 1. The molecule has 0 aliphatic rings. The number of carbonyl (C=O) groups excluding carboxylic acids is 1. The van der Waals surface area contributed by atoms with Crippen LogP contribution in [0.15, 0.2) is 42.5 Å². The van der Waals surface area contributed by atoms with Crippen molar-refractivity contribution in [2.45, 2.75) is 26.6 Å². The highest BCUT2D eigenvalue weighted by molar-refractivity contribution is 6.02. The average molecular weight is 362 g/mol. The predicted molar refractivity (Wildman–Crippen MR) is 91.0 cm³/mol. The Morgan fingerprint density at radius 2 is 1.85 bits per heavy atom. The van der Waals surface area contributed by atoms with Crippen LogP contribution < -0.4 is 0 Å². The number of nitrogens with zero attached hydrogens (tertiary/aromatic N) is 2. The van der Waals surface area contributed by atoms with E-state index in [9.17, 15) is 18.0 Å². The SMILES string of the molecule is CCOC(=O)c1cccc2c1nc(C)n2Cc1ccc(C(F)(F)F)cc1. The quantitative estimate of drug-likeness (QED) is 0.638. The van der Waals surface area contributed by atoms with E-state index in [0.717, 1.165) is 17.6 Å². The molecule has 0 spiro atoms. The topological polar surface area (TPSA) is 44.1 Å². The van der Waals surface area contributed by atoms with Crippen LogP contribution in [0.3, 0.4) is 0 Å². The molecule has 0 atom stereocenters. The summed E-state index contributed by atoms with van der Waals surface area (Å²) in [5.41, 5.74) is 1.65. The molecule has 0 N–H and O–H groups in total. The lowest BCUT2D eigenvalue weighted by Crippen LogP contribution is -2.06. The Morgan fingerprint density at radius 1 is 1.15 bits per heavy atom. The number of imidazole rings is 1. The summed E-state index contributed by atoms with van der Waals surface area (Å²) in [6.07, 6.45) is -4.36. The molecule has 0 amide bonds. The van der Waals surface area contributed by atoms with Gasteiger partial charge >= 0.3 is 12.1 Å². The lowest BCUT2D eigenvalue weighted by Gasteiger charge is -2.10. The molecule has 1 aromatic heterocycles. The van der Waals surface area contributed by atoms with Gasteiger partial charge in [0.25, 0.3) is 0 Å². The Balaban J connectivity index is 1.97. The van der Waals surface area contributed by atoms with E-state index >= 15 is 0 Å². The Hall–Kier alpha value is -2.83. The number of aryl methyl sites for hydroxylation is 1. The maximum atomic E-state index is 12.7. The molecule has 4 nitrogen and oxygen atoms in total. The average Bonchev–Trinajstić information content (AvgIpc) is 2.90. The van der Waals surface area contributed by atoms with Crippen molar-refractivity contribution in [1.82, 2.24) is 9.55 Å². The third kappa shape index (κ3) is 3.42. The van der Waals surface area contributed by atoms with Gasteiger partial charge < -0.3 is 9.30 Å². The molecule has 7 heteroatoms. The second kappa shape index (κ2) is 6.82. The van der Waals surface area contributed by atoms with Crippen molar-refractivity contribution in [2.75, 3.05) is 6.61 Å². The fourth-order valence-electron chi connectivity index (χ4n) is 2.82. The minimum absolute atomic E-state index is 0.264. The Labute approximate surface area is 148 Å². The number of para-hydroxylation sites is 1. The number of hydrogen-bond acceptors (Lipinski definition) is 3. The lowest BCUT2D eigenvalue weighted by molar-refractivity contribution is -0.137. The second-order valence-electron chi connectivity index (χ2n) is 5.83. The first-order valence-corrected chi connectivity index (χ1v) is 8.10. The van der Waals surface area contributed by atoms with Gasteiger partial charge in [-0.25, -0.2) is 9.78 Å². The first-order chi connectivity index (χ1) is 12.3. The molecule has 2 aromatic carbocycles. The zero-order valence-electron chi connectivity index (χ0n) is 14.3. The molecule has 26 heavy (non-hydrogen) atoms. The van der Waals surface area contributed by atoms with Gasteiger partial charge in [0, 0.05) is 6.54 Å². The van der Waals surface area contributed by atoms with E-state index in [2.05, 4.69) is 4.98 Å². The van der Waals surface area contributed by atoms with Crippen LogP contribution in [0.25, 0.3) is 11.0 Å². The molecule has 0 aliphatic heterocycles. The van der Waals surface area contributed by atoms with Gasteiger partial charge in [-0.3, -0.25) is 0 Å². The molecule has 3 aromatic rings. The molecule has 0 unspecified atom stereocenters. The Morgan fingerprint density at radius 3 is 2.46 bits per heavy atom. The zero-order valence-corrected chi connectivity index (χ0v) is 14.3. The van der Waals surface area contributed by atoms with Crippen molar-refractivity contribution >= 4 is 17.0 Å². The van der Waals surface area contributed by atoms with Crippen molar-refractivity contribution in [3.05, 3.63) is 65.0 Å². The maximum absolute atomic E-state index is 12.7. The Bertz CT molecular complexity index is 944. The summed E-state index contributed by atoms with van der Waals surface area (Å²) in [5.74, 6) is 0.217. The van der Waals surface area contributed by atoms with Gasteiger partial charge in [-0.15, -0.1) is 0 Å². The van der Waals surface area contributed by atoms with Crippen molar-refractivity contribution in [3.8, 4) is 0 Å². The van der Waals surface area contributed by atoms with Crippen LogP contribution in [-0.2, 0) is 17.5 Å². The summed E-state index contributed by atoms with van der Waals surface area (Å²) in [6, 6.07) is 10.2. The fourth-order valence-corrected chi connectivity index (χ4v) is 2.82. The summed E-state index contributed by atoms with van der Waals surface area (Å²) in [7, 11) is 0. The summed E-state index contributed by atoms with van der Waals surface area (Å²) < 4.78 is 45.0. The fraction of sp³-hybridized carbons (Fsp3) is 0.263. The summed E-state index contributed by atoms with van der Waals surface area (Å²) in [4.78, 5) is 16.5. The second-order valence-corrected chi connectivity index (χ2v) is 5.83. The number of fused-ring (bicyclic) bond motifs is 1. The van der Waals surface area contributed by atoms with E-state index in [4.69, 9.17) is 4.74 Å². The molecule has 1 heterocycles. The smallest absolute Gasteiger partial charge is 0.416 e. The van der Waals surface area contributed by atoms with Gasteiger partial charge in [-0.1, -0.05) is 18.2 Å². The summed E-state index contributed by atoms with van der Waals surface area (Å²) in [6.45, 7) is 4.14. The number of hydrogen-bond donors (Lipinski definition) is 0. The van der Waals surface area contributed by atoms with Crippen molar-refractivity contribution < 1.29 is 22.7 Å². The highest BCUT2D eigenvalue weighted by Gasteiger charge is 2.30. The lowest BCUT2D eigenvalue weighted by atomic mass is 10.1. The van der Waals surface area contributed by atoms with E-state index in [1.54, 1.807) is 26.0 Å². The third-order valence-corrected chi connectivity index (χ3v) is 4.09. The number of halogens is 3. The monoisotopic (exact) mass is 362 g/mol. The predicted octanol–water partition coefficient (Wildman–Crippen LogP) is 4.59. The van der Waals surface area contributed by atoms with E-state index < -0.39 is 17.7 Å². The van der Waals surface area contributed by atoms with Crippen LogP contribution in [0.4, 0.5) is 13.2 Å². The van der Waals surface area contributed by atoms with Gasteiger partial charge in [0.1, 0.15) is 11.3 Å². The normalized spacial score (nSPS) is 11.7. The van der Waals surface area contributed by atoms with E-state index in [1.807, 2.05) is 10.6 Å². The molecule has 0 saturated heterocycles. The number of rotatable bonds is 4. The number of aromatic nitrogens is 2. The number of alkyl halides is 3. The van der Waals surface area contributed by atoms with Crippen LogP contribution in [0, 0.1) is 6.92 Å². The van der Waals surface area contributed by atoms with Crippen molar-refractivity contribution in [2.24, 2.45) is 0 Å². The van der Waals surface area contributed by atoms with Crippen molar-refractivity contribution in [3.63, 3.8) is 0 Å². The highest BCUT2D eigenvalue weighted by atomic mass is 19.4. The molecule has 0 aliphatic carbocycles. The molecule has 0 fully saturated rings. The van der Waals surface area contributed by atoms with E-state index in [0.29, 0.717) is 29.0 Å². The van der Waals surface area contributed by atoms with Crippen molar-refractivity contribution in [1.29, 1.82) is 0 Å². The molecular weight excluding hydrogens is 345 g/mol. The highest BCUT2D eigenvalue weighted by Crippen LogP contribution is 2.29. The molecule has 0 bridgehead atoms. The third-order valence-electron chi connectivity index (χ3n) is 4.09. The number of benzene rings is 2. The maximum Gasteiger partial charge on any atom is 0.416 e. The zero-order chi connectivity index (χ0) is 18.9. The van der Waals surface area contributed by atoms with Crippen LogP contribution in [0.2, 0.25) is 0 Å². The van der Waals surface area contributed by atoms with Gasteiger partial charge in [0.15, 0.2) is 0 Å². The Kier molecular flexibility index (Phi) is 4.71. The van der Waals surface area contributed by atoms with Crippen LogP contribution in [0.1, 0.15) is 34.2 Å². The van der Waals surface area contributed by atoms with E-state index in [1.165, 1.54) is 12.1 Å². The number of carbonyl (C=O) groups is 1. The van der Waals surface area contributed by atoms with Gasteiger partial charge in [-0.2, -0.15) is 13.2 Å². The van der Waals surface area contributed by atoms with Crippen LogP contribution in [0.5, 0.6) is 0 Å². The van der Waals surface area contributed by atoms with Crippen LogP contribution in [-0.4, -0.2) is 22.1 Å². The molecule has 3 rings (SSSR count). The first kappa shape index (κ1) is 18.0. The summed E-state index contributed by atoms with van der Waals surface area (Å²) >= 11 is 0. The standard InChI is InChI=1S/C19H17F3N2O2/c1-3-26-18(25)15-5-4-6-16-17(15)23-12(2)24(16)11-13-7-9-14(10-8-13)19(20,21)22/h4-10H,3,11H2,1-2H3. The van der Waals surface area contributed by atoms with Gasteiger partial charge in [0.05, 0.1) is 23.3 Å². The molecule has 136 valence electrons. The molecular formula is C19H17F3N2O2. The van der Waals surface area contributed by atoms with Gasteiger partial charge in [-0.05, 0) is 43.7 Å². The minimum Gasteiger partial charge on any atom is -0.462 e. The minimum atomic E-state index is -4.36. The largest absolute Gasteiger partial charge is 0.462 e. The molecule has 0 saturated carbocycles. The van der Waals surface area contributed by atoms with Crippen LogP contribution >= 0.6 is 0 Å². The molecule has 0 radical (unpaired) electrons. The first-order valence-electron chi connectivity index (χ1n) is 8.10. The number of ether oxygens (including phenoxy) is 1. The summed E-state index contributed by atoms with van der Waals surface area (Å²) in [5, 5.41) is 0.